The third-order valence-electron chi connectivity index (χ3n) is 4.27. The van der Waals surface area contributed by atoms with E-state index in [4.69, 9.17) is 4.74 Å². The van der Waals surface area contributed by atoms with Gasteiger partial charge in [-0.1, -0.05) is 12.1 Å². The fourth-order valence-electron chi connectivity index (χ4n) is 2.90. The van der Waals surface area contributed by atoms with E-state index in [-0.39, 0.29) is 11.9 Å². The molecule has 0 radical (unpaired) electrons. The Morgan fingerprint density at radius 2 is 2.24 bits per heavy atom. The van der Waals surface area contributed by atoms with Gasteiger partial charge in [-0.2, -0.15) is 0 Å². The normalized spacial score (nSPS) is 17.2. The quantitative estimate of drug-likeness (QED) is 0.808. The first-order valence-corrected chi connectivity index (χ1v) is 9.34. The molecule has 2 aromatic heterocycles. The van der Waals surface area contributed by atoms with Crippen LogP contribution in [-0.4, -0.2) is 48.6 Å². The molecule has 1 fully saturated rings. The van der Waals surface area contributed by atoms with Crippen LogP contribution in [0.3, 0.4) is 0 Å². The topological polar surface area (TPSA) is 54.5 Å². The van der Waals surface area contributed by atoms with Crippen LogP contribution in [0.5, 0.6) is 0 Å². The number of nitrogens with one attached hydrogen (secondary N) is 1. The molecule has 0 aliphatic carbocycles. The second-order valence-electron chi connectivity index (χ2n) is 6.00. The van der Waals surface area contributed by atoms with E-state index in [0.29, 0.717) is 6.54 Å². The van der Waals surface area contributed by atoms with E-state index in [1.807, 2.05) is 42.8 Å². The molecule has 1 aliphatic heterocycles. The van der Waals surface area contributed by atoms with Crippen molar-refractivity contribution < 1.29 is 9.53 Å². The number of carbonyl (C=O) groups is 1. The lowest BCUT2D eigenvalue weighted by Crippen LogP contribution is -2.44. The molecule has 5 nitrogen and oxygen atoms in total. The van der Waals surface area contributed by atoms with Gasteiger partial charge in [0, 0.05) is 42.5 Å². The molecule has 132 valence electrons. The van der Waals surface area contributed by atoms with E-state index in [0.717, 1.165) is 42.3 Å². The van der Waals surface area contributed by atoms with Crippen molar-refractivity contribution in [1.29, 1.82) is 0 Å². The van der Waals surface area contributed by atoms with E-state index >= 15 is 0 Å². The first-order chi connectivity index (χ1) is 12.2. The fraction of sp³-hybridized carbons (Fsp3) is 0.368. The maximum atomic E-state index is 12.5. The van der Waals surface area contributed by atoms with Gasteiger partial charge in [0.2, 0.25) is 5.91 Å². The summed E-state index contributed by atoms with van der Waals surface area (Å²) in [6.45, 7) is 5.58. The molecule has 0 bridgehead atoms. The SMILES string of the molecule is C/C(=C\c1cccs1)C(=O)NCC(c1cccnc1)N1CCOCC1. The summed E-state index contributed by atoms with van der Waals surface area (Å²) in [6.07, 6.45) is 5.57. The monoisotopic (exact) mass is 357 g/mol. The molecule has 1 aliphatic rings. The van der Waals surface area contributed by atoms with Crippen molar-refractivity contribution in [3.8, 4) is 0 Å². The highest BCUT2D eigenvalue weighted by atomic mass is 32.1. The Bertz CT molecular complexity index is 695. The highest BCUT2D eigenvalue weighted by Gasteiger charge is 2.23. The minimum atomic E-state index is -0.0319. The number of aromatic nitrogens is 1. The van der Waals surface area contributed by atoms with Gasteiger partial charge in [-0.3, -0.25) is 14.7 Å². The number of carbonyl (C=O) groups excluding carboxylic acids is 1. The molecule has 1 unspecified atom stereocenters. The molecule has 1 saturated heterocycles. The minimum Gasteiger partial charge on any atom is -0.379 e. The molecule has 2 aromatic rings. The van der Waals surface area contributed by atoms with Gasteiger partial charge >= 0.3 is 0 Å². The van der Waals surface area contributed by atoms with Crippen molar-refractivity contribution in [3.63, 3.8) is 0 Å². The van der Waals surface area contributed by atoms with E-state index < -0.39 is 0 Å². The van der Waals surface area contributed by atoms with Crippen LogP contribution >= 0.6 is 11.3 Å². The predicted molar refractivity (Wildman–Crippen MR) is 100 cm³/mol. The smallest absolute Gasteiger partial charge is 0.247 e. The van der Waals surface area contributed by atoms with Crippen LogP contribution in [0.15, 0.2) is 47.6 Å². The second kappa shape index (κ2) is 8.89. The molecule has 0 saturated carbocycles. The van der Waals surface area contributed by atoms with Crippen LogP contribution in [0, 0.1) is 0 Å². The van der Waals surface area contributed by atoms with Crippen molar-refractivity contribution in [2.45, 2.75) is 13.0 Å². The van der Waals surface area contributed by atoms with Crippen LogP contribution in [0.4, 0.5) is 0 Å². The number of hydrogen-bond acceptors (Lipinski definition) is 5. The number of pyridine rings is 1. The molecule has 0 aromatic carbocycles. The summed E-state index contributed by atoms with van der Waals surface area (Å²) in [5.41, 5.74) is 1.83. The molecule has 1 N–H and O–H groups in total. The van der Waals surface area contributed by atoms with Crippen LogP contribution in [0.1, 0.15) is 23.4 Å². The van der Waals surface area contributed by atoms with E-state index in [1.165, 1.54) is 0 Å². The zero-order valence-electron chi connectivity index (χ0n) is 14.4. The Hall–Kier alpha value is -2.02. The largest absolute Gasteiger partial charge is 0.379 e. The second-order valence-corrected chi connectivity index (χ2v) is 6.98. The van der Waals surface area contributed by atoms with Crippen molar-refractivity contribution in [2.24, 2.45) is 0 Å². The summed E-state index contributed by atoms with van der Waals surface area (Å²) in [5, 5.41) is 5.09. The van der Waals surface area contributed by atoms with Crippen molar-refractivity contribution in [3.05, 3.63) is 58.1 Å². The Morgan fingerprint density at radius 1 is 1.40 bits per heavy atom. The highest BCUT2D eigenvalue weighted by Crippen LogP contribution is 2.20. The number of thiophene rings is 1. The minimum absolute atomic E-state index is 0.0319. The number of hydrogen-bond donors (Lipinski definition) is 1. The summed E-state index contributed by atoms with van der Waals surface area (Å²) in [6, 6.07) is 8.10. The zero-order valence-corrected chi connectivity index (χ0v) is 15.2. The number of rotatable bonds is 6. The van der Waals surface area contributed by atoms with E-state index in [2.05, 4.69) is 21.3 Å². The van der Waals surface area contributed by atoms with E-state index in [1.54, 1.807) is 17.5 Å². The zero-order chi connectivity index (χ0) is 17.5. The molecule has 3 heterocycles. The van der Waals surface area contributed by atoms with Gasteiger partial charge in [0.05, 0.1) is 19.3 Å². The van der Waals surface area contributed by atoms with Gasteiger partial charge in [0.15, 0.2) is 0 Å². The first kappa shape index (κ1) is 17.8. The highest BCUT2D eigenvalue weighted by molar-refractivity contribution is 7.10. The summed E-state index contributed by atoms with van der Waals surface area (Å²) < 4.78 is 5.46. The maximum absolute atomic E-state index is 12.5. The summed E-state index contributed by atoms with van der Waals surface area (Å²) >= 11 is 1.63. The maximum Gasteiger partial charge on any atom is 0.247 e. The summed E-state index contributed by atoms with van der Waals surface area (Å²) in [4.78, 5) is 20.1. The molecule has 6 heteroatoms. The van der Waals surface area contributed by atoms with E-state index in [9.17, 15) is 4.79 Å². The van der Waals surface area contributed by atoms with Gasteiger partial charge < -0.3 is 10.1 Å². The van der Waals surface area contributed by atoms with Gasteiger partial charge in [-0.05, 0) is 36.1 Å². The van der Waals surface area contributed by atoms with Gasteiger partial charge in [-0.15, -0.1) is 11.3 Å². The lowest BCUT2D eigenvalue weighted by Gasteiger charge is -2.34. The van der Waals surface area contributed by atoms with Crippen LogP contribution in [0.2, 0.25) is 0 Å². The number of ether oxygens (including phenoxy) is 1. The molecule has 0 spiro atoms. The number of morpholine rings is 1. The number of nitrogens with zero attached hydrogens (tertiary/aromatic N) is 2. The summed E-state index contributed by atoms with van der Waals surface area (Å²) in [7, 11) is 0. The molecule has 3 rings (SSSR count). The third kappa shape index (κ3) is 4.98. The Kier molecular flexibility index (Phi) is 6.33. The van der Waals surface area contributed by atoms with Gasteiger partial charge in [0.25, 0.3) is 0 Å². The van der Waals surface area contributed by atoms with Crippen molar-refractivity contribution >= 4 is 23.3 Å². The lowest BCUT2D eigenvalue weighted by molar-refractivity contribution is -0.117. The first-order valence-electron chi connectivity index (χ1n) is 8.46. The third-order valence-corrected chi connectivity index (χ3v) is 5.09. The molecule has 25 heavy (non-hydrogen) atoms. The van der Waals surface area contributed by atoms with Crippen LogP contribution < -0.4 is 5.32 Å². The summed E-state index contributed by atoms with van der Waals surface area (Å²) in [5.74, 6) is -0.0319. The lowest BCUT2D eigenvalue weighted by atomic mass is 10.1. The van der Waals surface area contributed by atoms with Gasteiger partial charge in [-0.25, -0.2) is 0 Å². The molecular formula is C19H23N3O2S. The standard InChI is InChI=1S/C19H23N3O2S/c1-15(12-17-5-3-11-25-17)19(23)21-14-18(16-4-2-6-20-13-16)22-7-9-24-10-8-22/h2-6,11-13,18H,7-10,14H2,1H3,(H,21,23)/b15-12+. The molecule has 1 atom stereocenters. The molecule has 1 amide bonds. The average molecular weight is 357 g/mol. The van der Waals surface area contributed by atoms with Crippen LogP contribution in [0.25, 0.3) is 6.08 Å². The fourth-order valence-corrected chi connectivity index (χ4v) is 3.62. The van der Waals surface area contributed by atoms with Crippen LogP contribution in [-0.2, 0) is 9.53 Å². The average Bonchev–Trinajstić information content (AvgIpc) is 3.16. The number of amides is 1. The van der Waals surface area contributed by atoms with Gasteiger partial charge in [0.1, 0.15) is 0 Å². The Balaban J connectivity index is 1.66. The molecular weight excluding hydrogens is 334 g/mol. The van der Waals surface area contributed by atoms with Crippen molar-refractivity contribution in [1.82, 2.24) is 15.2 Å². The predicted octanol–water partition coefficient (Wildman–Crippen LogP) is 2.74. The Morgan fingerprint density at radius 3 is 2.92 bits per heavy atom. The Labute approximate surface area is 152 Å². The van der Waals surface area contributed by atoms with Crippen molar-refractivity contribution in [2.75, 3.05) is 32.8 Å².